The summed E-state index contributed by atoms with van der Waals surface area (Å²) in [5.41, 5.74) is 2.74. The van der Waals surface area contributed by atoms with Crippen molar-refractivity contribution in [2.45, 2.75) is 6.42 Å². The van der Waals surface area contributed by atoms with Crippen molar-refractivity contribution in [2.24, 2.45) is 0 Å². The Morgan fingerprint density at radius 1 is 0.875 bits per heavy atom. The Morgan fingerprint density at radius 3 is 2.17 bits per heavy atom. The molecule has 120 valence electrons. The van der Waals surface area contributed by atoms with E-state index in [1.807, 2.05) is 60.7 Å². The van der Waals surface area contributed by atoms with Crippen molar-refractivity contribution >= 4 is 11.7 Å². The number of amides is 2. The molecule has 2 aromatic carbocycles. The third kappa shape index (κ3) is 4.39. The van der Waals surface area contributed by atoms with Crippen LogP contribution in [0.15, 0.2) is 73.1 Å². The van der Waals surface area contributed by atoms with Gasteiger partial charge in [0.05, 0.1) is 0 Å². The second kappa shape index (κ2) is 7.87. The highest BCUT2D eigenvalue weighted by atomic mass is 16.2. The zero-order chi connectivity index (χ0) is 16.6. The summed E-state index contributed by atoms with van der Waals surface area (Å²) in [6.07, 6.45) is 4.27. The van der Waals surface area contributed by atoms with E-state index in [4.69, 9.17) is 0 Å². The quantitative estimate of drug-likeness (QED) is 0.756. The molecule has 24 heavy (non-hydrogen) atoms. The van der Waals surface area contributed by atoms with E-state index in [1.165, 1.54) is 0 Å². The molecule has 0 radical (unpaired) electrons. The molecular formula is C19H18N4O. The zero-order valence-electron chi connectivity index (χ0n) is 13.1. The normalized spacial score (nSPS) is 10.2. The van der Waals surface area contributed by atoms with Gasteiger partial charge in [-0.3, -0.25) is 0 Å². The van der Waals surface area contributed by atoms with Crippen LogP contribution in [0, 0.1) is 0 Å². The molecule has 0 saturated heterocycles. The van der Waals surface area contributed by atoms with Crippen LogP contribution < -0.4 is 10.6 Å². The standard InChI is InChI=1S/C19H18N4O/c24-19(23-17-9-5-2-6-10-17)20-12-11-15-13-21-18(22-14-15)16-7-3-1-4-8-16/h1-10,13-14H,11-12H2,(H2,20,23,24). The van der Waals surface area contributed by atoms with Crippen LogP contribution in [0.4, 0.5) is 10.5 Å². The fraction of sp³-hybridized carbons (Fsp3) is 0.105. The van der Waals surface area contributed by atoms with E-state index < -0.39 is 0 Å². The van der Waals surface area contributed by atoms with Gasteiger partial charge in [-0.1, -0.05) is 48.5 Å². The lowest BCUT2D eigenvalue weighted by molar-refractivity contribution is 0.252. The number of para-hydroxylation sites is 1. The molecule has 0 atom stereocenters. The van der Waals surface area contributed by atoms with E-state index in [0.717, 1.165) is 16.8 Å². The molecule has 0 aliphatic heterocycles. The molecule has 3 rings (SSSR count). The van der Waals surface area contributed by atoms with Crippen LogP contribution in [-0.4, -0.2) is 22.5 Å². The molecule has 1 heterocycles. The third-order valence-corrected chi connectivity index (χ3v) is 3.47. The van der Waals surface area contributed by atoms with Crippen molar-refractivity contribution in [1.29, 1.82) is 0 Å². The predicted molar refractivity (Wildman–Crippen MR) is 94.6 cm³/mol. The van der Waals surface area contributed by atoms with Crippen molar-refractivity contribution in [3.8, 4) is 11.4 Å². The largest absolute Gasteiger partial charge is 0.338 e. The van der Waals surface area contributed by atoms with Gasteiger partial charge in [0, 0.05) is 30.2 Å². The van der Waals surface area contributed by atoms with Gasteiger partial charge in [0.1, 0.15) is 0 Å². The number of nitrogens with one attached hydrogen (secondary N) is 2. The van der Waals surface area contributed by atoms with Gasteiger partial charge in [-0.05, 0) is 24.1 Å². The summed E-state index contributed by atoms with van der Waals surface area (Å²) in [4.78, 5) is 20.5. The van der Waals surface area contributed by atoms with Crippen LogP contribution in [0.2, 0.25) is 0 Å². The van der Waals surface area contributed by atoms with Crippen molar-refractivity contribution < 1.29 is 4.79 Å². The van der Waals surface area contributed by atoms with Gasteiger partial charge in [-0.2, -0.15) is 0 Å². The number of benzene rings is 2. The molecule has 0 fully saturated rings. The lowest BCUT2D eigenvalue weighted by Crippen LogP contribution is -2.30. The molecule has 0 unspecified atom stereocenters. The minimum Gasteiger partial charge on any atom is -0.338 e. The fourth-order valence-electron chi connectivity index (χ4n) is 2.24. The van der Waals surface area contributed by atoms with E-state index in [9.17, 15) is 4.79 Å². The van der Waals surface area contributed by atoms with Crippen LogP contribution >= 0.6 is 0 Å². The van der Waals surface area contributed by atoms with Crippen LogP contribution in [0.5, 0.6) is 0 Å². The first-order valence-corrected chi connectivity index (χ1v) is 7.77. The van der Waals surface area contributed by atoms with Gasteiger partial charge in [0.25, 0.3) is 0 Å². The molecule has 1 aromatic heterocycles. The van der Waals surface area contributed by atoms with Crippen LogP contribution in [0.25, 0.3) is 11.4 Å². The maximum atomic E-state index is 11.8. The van der Waals surface area contributed by atoms with Gasteiger partial charge in [0.2, 0.25) is 0 Å². The maximum Gasteiger partial charge on any atom is 0.319 e. The third-order valence-electron chi connectivity index (χ3n) is 3.47. The molecule has 3 aromatic rings. The summed E-state index contributed by atoms with van der Waals surface area (Å²) >= 11 is 0. The summed E-state index contributed by atoms with van der Waals surface area (Å²) in [6.45, 7) is 0.521. The lowest BCUT2D eigenvalue weighted by atomic mass is 10.2. The second-order valence-corrected chi connectivity index (χ2v) is 5.28. The number of aromatic nitrogens is 2. The Labute approximate surface area is 140 Å². The molecule has 0 bridgehead atoms. The van der Waals surface area contributed by atoms with E-state index in [2.05, 4.69) is 20.6 Å². The SMILES string of the molecule is O=C(NCCc1cnc(-c2ccccc2)nc1)Nc1ccccc1. The summed E-state index contributed by atoms with van der Waals surface area (Å²) < 4.78 is 0. The molecule has 0 saturated carbocycles. The molecule has 0 aliphatic carbocycles. The molecular weight excluding hydrogens is 300 g/mol. The fourth-order valence-corrected chi connectivity index (χ4v) is 2.24. The average molecular weight is 318 g/mol. The topological polar surface area (TPSA) is 66.9 Å². The number of hydrogen-bond donors (Lipinski definition) is 2. The van der Waals surface area contributed by atoms with Crippen LogP contribution in [0.1, 0.15) is 5.56 Å². The second-order valence-electron chi connectivity index (χ2n) is 5.28. The summed E-state index contributed by atoms with van der Waals surface area (Å²) in [5.74, 6) is 0.703. The van der Waals surface area contributed by atoms with Crippen LogP contribution in [-0.2, 0) is 6.42 Å². The first-order chi connectivity index (χ1) is 11.8. The number of carbonyl (C=O) groups is 1. The molecule has 0 spiro atoms. The van der Waals surface area contributed by atoms with Crippen molar-refractivity contribution in [3.63, 3.8) is 0 Å². The zero-order valence-corrected chi connectivity index (χ0v) is 13.1. The van der Waals surface area contributed by atoms with E-state index in [-0.39, 0.29) is 6.03 Å². The highest BCUT2D eigenvalue weighted by Gasteiger charge is 2.03. The first-order valence-electron chi connectivity index (χ1n) is 7.77. The number of rotatable bonds is 5. The minimum atomic E-state index is -0.219. The minimum absolute atomic E-state index is 0.219. The van der Waals surface area contributed by atoms with Gasteiger partial charge in [-0.15, -0.1) is 0 Å². The Hall–Kier alpha value is -3.21. The molecule has 2 amide bonds. The highest BCUT2D eigenvalue weighted by Crippen LogP contribution is 2.13. The van der Waals surface area contributed by atoms with Crippen LogP contribution in [0.3, 0.4) is 0 Å². The van der Waals surface area contributed by atoms with E-state index in [1.54, 1.807) is 12.4 Å². The number of carbonyl (C=O) groups excluding carboxylic acids is 1. The van der Waals surface area contributed by atoms with Crippen molar-refractivity contribution in [1.82, 2.24) is 15.3 Å². The summed E-state index contributed by atoms with van der Waals surface area (Å²) in [7, 11) is 0. The van der Waals surface area contributed by atoms with Crippen molar-refractivity contribution in [3.05, 3.63) is 78.6 Å². The van der Waals surface area contributed by atoms with Gasteiger partial charge < -0.3 is 10.6 Å². The molecule has 5 nitrogen and oxygen atoms in total. The predicted octanol–water partition coefficient (Wildman–Crippen LogP) is 3.51. The number of nitrogens with zero attached hydrogens (tertiary/aromatic N) is 2. The van der Waals surface area contributed by atoms with E-state index >= 15 is 0 Å². The van der Waals surface area contributed by atoms with E-state index in [0.29, 0.717) is 18.8 Å². The smallest absolute Gasteiger partial charge is 0.319 e. The Morgan fingerprint density at radius 2 is 1.50 bits per heavy atom. The monoisotopic (exact) mass is 318 g/mol. The molecule has 2 N–H and O–H groups in total. The van der Waals surface area contributed by atoms with Gasteiger partial charge in [-0.25, -0.2) is 14.8 Å². The van der Waals surface area contributed by atoms with Gasteiger partial charge in [0.15, 0.2) is 5.82 Å². The molecule has 5 heteroatoms. The highest BCUT2D eigenvalue weighted by molar-refractivity contribution is 5.89. The Bertz CT molecular complexity index is 773. The van der Waals surface area contributed by atoms with Gasteiger partial charge >= 0.3 is 6.03 Å². The lowest BCUT2D eigenvalue weighted by Gasteiger charge is -2.07. The Kier molecular flexibility index (Phi) is 5.14. The number of anilines is 1. The summed E-state index contributed by atoms with van der Waals surface area (Å²) in [6, 6.07) is 19.0. The first kappa shape index (κ1) is 15.7. The average Bonchev–Trinajstić information content (AvgIpc) is 2.64. The number of urea groups is 1. The molecule has 0 aliphatic rings. The Balaban J connectivity index is 1.48. The van der Waals surface area contributed by atoms with Crippen molar-refractivity contribution in [2.75, 3.05) is 11.9 Å². The summed E-state index contributed by atoms with van der Waals surface area (Å²) in [5, 5.41) is 5.60. The number of hydrogen-bond acceptors (Lipinski definition) is 3. The maximum absolute atomic E-state index is 11.8.